The van der Waals surface area contributed by atoms with Gasteiger partial charge in [0, 0.05) is 40.9 Å². The predicted octanol–water partition coefficient (Wildman–Crippen LogP) is 4.30. The number of carbonyl (C=O) groups is 2. The minimum absolute atomic E-state index is 0.0308. The maximum Gasteiger partial charge on any atom is 0.261 e. The summed E-state index contributed by atoms with van der Waals surface area (Å²) in [5.74, 6) is -0.298. The summed E-state index contributed by atoms with van der Waals surface area (Å²) in [6, 6.07) is 13.7. The van der Waals surface area contributed by atoms with Gasteiger partial charge in [-0.2, -0.15) is 0 Å². The molecule has 1 N–H and O–H groups in total. The van der Waals surface area contributed by atoms with Crippen molar-refractivity contribution in [3.8, 4) is 0 Å². The van der Waals surface area contributed by atoms with Gasteiger partial charge in [-0.3, -0.25) is 19.5 Å². The van der Waals surface area contributed by atoms with Gasteiger partial charge in [0.1, 0.15) is 0 Å². The number of halogens is 1. The molecule has 0 radical (unpaired) electrons. The van der Waals surface area contributed by atoms with Gasteiger partial charge in [-0.25, -0.2) is 0 Å². The second-order valence-corrected chi connectivity index (χ2v) is 8.60. The molecule has 5 nitrogen and oxygen atoms in total. The highest BCUT2D eigenvalue weighted by atomic mass is 79.9. The van der Waals surface area contributed by atoms with Gasteiger partial charge in [0.25, 0.3) is 11.8 Å². The third-order valence-corrected chi connectivity index (χ3v) is 6.60. The lowest BCUT2D eigenvalue weighted by Crippen LogP contribution is -2.39. The molecule has 146 valence electrons. The Morgan fingerprint density at radius 2 is 1.79 bits per heavy atom. The topological polar surface area (TPSA) is 62.3 Å². The highest BCUT2D eigenvalue weighted by Gasteiger charge is 2.42. The van der Waals surface area contributed by atoms with Crippen LogP contribution in [-0.4, -0.2) is 33.8 Å². The molecule has 0 saturated heterocycles. The summed E-state index contributed by atoms with van der Waals surface area (Å²) in [6.45, 7) is 0.754. The molecule has 0 bridgehead atoms. The number of imide groups is 1. The molecule has 2 atom stereocenters. The molecule has 1 aliphatic heterocycles. The van der Waals surface area contributed by atoms with Crippen LogP contribution in [-0.2, 0) is 6.54 Å². The molecule has 6 heteroatoms. The molecule has 1 aliphatic carbocycles. The maximum atomic E-state index is 12.7. The Morgan fingerprint density at radius 3 is 2.55 bits per heavy atom. The van der Waals surface area contributed by atoms with Crippen LogP contribution in [0.3, 0.4) is 0 Å². The summed E-state index contributed by atoms with van der Waals surface area (Å²) < 4.78 is 0.989. The van der Waals surface area contributed by atoms with Gasteiger partial charge in [-0.15, -0.1) is 0 Å². The minimum Gasteiger partial charge on any atom is -0.310 e. The van der Waals surface area contributed by atoms with Crippen LogP contribution in [0.4, 0.5) is 0 Å². The van der Waals surface area contributed by atoms with E-state index in [9.17, 15) is 9.59 Å². The Balaban J connectivity index is 1.25. The molecule has 2 aliphatic rings. The second kappa shape index (κ2) is 7.35. The van der Waals surface area contributed by atoms with Crippen molar-refractivity contribution in [2.75, 3.05) is 0 Å². The molecule has 1 aromatic heterocycles. The molecular formula is C23H20BrN3O2. The standard InChI is InChI=1S/C23H20BrN3O2/c24-21-13-25-12-15-6-5-14(9-20(15)21)11-26-16-7-8-17(10-16)27-22(28)18-3-1-2-4-19(18)23(27)29/h1-6,9,12-13,16-17,26H,7-8,10-11H2. The van der Waals surface area contributed by atoms with E-state index in [0.717, 1.165) is 41.1 Å². The first-order chi connectivity index (χ1) is 14.1. The molecule has 2 unspecified atom stereocenters. The molecule has 0 spiro atoms. The lowest BCUT2D eigenvalue weighted by Gasteiger charge is -2.22. The summed E-state index contributed by atoms with van der Waals surface area (Å²) in [6.07, 6.45) is 6.27. The maximum absolute atomic E-state index is 12.7. The van der Waals surface area contributed by atoms with Crippen LogP contribution in [0.15, 0.2) is 59.3 Å². The fourth-order valence-corrected chi connectivity index (χ4v) is 4.93. The van der Waals surface area contributed by atoms with Crippen LogP contribution >= 0.6 is 15.9 Å². The minimum atomic E-state index is -0.149. The number of carbonyl (C=O) groups excluding carboxylic acids is 2. The van der Waals surface area contributed by atoms with Crippen molar-refractivity contribution in [3.63, 3.8) is 0 Å². The number of amides is 2. The monoisotopic (exact) mass is 449 g/mol. The van der Waals surface area contributed by atoms with Crippen molar-refractivity contribution in [1.82, 2.24) is 15.2 Å². The third-order valence-electron chi connectivity index (χ3n) is 5.97. The van der Waals surface area contributed by atoms with Gasteiger partial charge in [-0.1, -0.05) is 24.3 Å². The fourth-order valence-electron chi connectivity index (χ4n) is 4.46. The van der Waals surface area contributed by atoms with Crippen LogP contribution in [0, 0.1) is 0 Å². The fraction of sp³-hybridized carbons (Fsp3) is 0.261. The van der Waals surface area contributed by atoms with Crippen molar-refractivity contribution in [2.45, 2.75) is 37.9 Å². The van der Waals surface area contributed by atoms with E-state index in [1.807, 2.05) is 24.5 Å². The number of aromatic nitrogens is 1. The first-order valence-corrected chi connectivity index (χ1v) is 10.6. The van der Waals surface area contributed by atoms with Crippen molar-refractivity contribution < 1.29 is 9.59 Å². The molecule has 3 aromatic rings. The Hall–Kier alpha value is -2.57. The number of nitrogens with zero attached hydrogens (tertiary/aromatic N) is 2. The summed E-state index contributed by atoms with van der Waals surface area (Å²) in [5, 5.41) is 5.86. The Labute approximate surface area is 177 Å². The number of nitrogens with one attached hydrogen (secondary N) is 1. The Kier molecular flexibility index (Phi) is 4.68. The van der Waals surface area contributed by atoms with Crippen LogP contribution in [0.1, 0.15) is 45.5 Å². The molecule has 29 heavy (non-hydrogen) atoms. The number of fused-ring (bicyclic) bond motifs is 2. The number of rotatable bonds is 4. The van der Waals surface area contributed by atoms with Crippen molar-refractivity contribution >= 4 is 38.5 Å². The van der Waals surface area contributed by atoms with E-state index in [2.05, 4.69) is 44.4 Å². The van der Waals surface area contributed by atoms with Gasteiger partial charge >= 0.3 is 0 Å². The Morgan fingerprint density at radius 1 is 1.03 bits per heavy atom. The zero-order valence-electron chi connectivity index (χ0n) is 15.8. The van der Waals surface area contributed by atoms with Crippen LogP contribution in [0.2, 0.25) is 0 Å². The molecule has 2 amide bonds. The molecular weight excluding hydrogens is 430 g/mol. The molecule has 1 fully saturated rings. The zero-order chi connectivity index (χ0) is 20.0. The summed E-state index contributed by atoms with van der Waals surface area (Å²) in [5.41, 5.74) is 2.27. The lowest BCUT2D eigenvalue weighted by molar-refractivity contribution is 0.0586. The third kappa shape index (κ3) is 3.26. The van der Waals surface area contributed by atoms with E-state index < -0.39 is 0 Å². The SMILES string of the molecule is O=C1c2ccccc2C(=O)N1C1CCC(NCc2ccc3cncc(Br)c3c2)C1. The second-order valence-electron chi connectivity index (χ2n) is 7.75. The van der Waals surface area contributed by atoms with Gasteiger partial charge in [-0.05, 0) is 64.3 Å². The van der Waals surface area contributed by atoms with E-state index in [1.54, 1.807) is 12.1 Å². The van der Waals surface area contributed by atoms with Gasteiger partial charge in [0.05, 0.1) is 11.1 Å². The number of hydrogen-bond acceptors (Lipinski definition) is 4. The molecule has 2 aromatic carbocycles. The highest BCUT2D eigenvalue weighted by molar-refractivity contribution is 9.10. The van der Waals surface area contributed by atoms with E-state index in [0.29, 0.717) is 17.2 Å². The van der Waals surface area contributed by atoms with Gasteiger partial charge in [0.2, 0.25) is 0 Å². The largest absolute Gasteiger partial charge is 0.310 e. The van der Waals surface area contributed by atoms with Crippen LogP contribution < -0.4 is 5.32 Å². The molecule has 1 saturated carbocycles. The quantitative estimate of drug-likeness (QED) is 0.602. The van der Waals surface area contributed by atoms with Gasteiger partial charge in [0.15, 0.2) is 0 Å². The number of pyridine rings is 1. The average Bonchev–Trinajstić information content (AvgIpc) is 3.30. The summed E-state index contributed by atoms with van der Waals surface area (Å²) >= 11 is 3.57. The van der Waals surface area contributed by atoms with Crippen LogP contribution in [0.5, 0.6) is 0 Å². The first-order valence-electron chi connectivity index (χ1n) is 9.84. The smallest absolute Gasteiger partial charge is 0.261 e. The van der Waals surface area contributed by atoms with E-state index >= 15 is 0 Å². The van der Waals surface area contributed by atoms with Crippen LogP contribution in [0.25, 0.3) is 10.8 Å². The summed E-state index contributed by atoms with van der Waals surface area (Å²) in [7, 11) is 0. The summed E-state index contributed by atoms with van der Waals surface area (Å²) in [4.78, 5) is 31.1. The average molecular weight is 450 g/mol. The number of hydrogen-bond donors (Lipinski definition) is 1. The molecule has 5 rings (SSSR count). The normalized spacial score (nSPS) is 21.2. The predicted molar refractivity (Wildman–Crippen MR) is 115 cm³/mol. The highest BCUT2D eigenvalue weighted by Crippen LogP contribution is 2.32. The van der Waals surface area contributed by atoms with Gasteiger partial charge < -0.3 is 5.32 Å². The lowest BCUT2D eigenvalue weighted by atomic mass is 10.1. The van der Waals surface area contributed by atoms with E-state index in [1.165, 1.54) is 10.5 Å². The van der Waals surface area contributed by atoms with Crippen molar-refractivity contribution in [1.29, 1.82) is 0 Å². The first kappa shape index (κ1) is 18.5. The number of benzene rings is 2. The van der Waals surface area contributed by atoms with E-state index in [4.69, 9.17) is 0 Å². The van der Waals surface area contributed by atoms with Crippen molar-refractivity contribution in [3.05, 3.63) is 76.0 Å². The van der Waals surface area contributed by atoms with E-state index in [-0.39, 0.29) is 17.9 Å². The Bertz CT molecular complexity index is 1100. The molecule has 2 heterocycles. The zero-order valence-corrected chi connectivity index (χ0v) is 17.4. The van der Waals surface area contributed by atoms with Crippen molar-refractivity contribution in [2.24, 2.45) is 0 Å².